The van der Waals surface area contributed by atoms with E-state index in [1.165, 1.54) is 0 Å². The number of likely N-dealkylation sites (tertiary alicyclic amines) is 1. The van der Waals surface area contributed by atoms with Gasteiger partial charge in [0.05, 0.1) is 19.3 Å². The van der Waals surface area contributed by atoms with Crippen molar-refractivity contribution in [3.05, 3.63) is 47.3 Å². The molecule has 6 heteroatoms. The van der Waals surface area contributed by atoms with Crippen LogP contribution in [0.3, 0.4) is 0 Å². The van der Waals surface area contributed by atoms with Crippen molar-refractivity contribution in [3.8, 4) is 0 Å². The Morgan fingerprint density at radius 3 is 2.58 bits per heavy atom. The van der Waals surface area contributed by atoms with E-state index in [-0.39, 0.29) is 11.9 Å². The highest BCUT2D eigenvalue weighted by Crippen LogP contribution is 2.32. The van der Waals surface area contributed by atoms with Gasteiger partial charge in [-0.3, -0.25) is 4.79 Å². The number of aromatic nitrogens is 1. The zero-order chi connectivity index (χ0) is 17.9. The Labute approximate surface area is 153 Å². The van der Waals surface area contributed by atoms with Crippen molar-refractivity contribution < 1.29 is 14.1 Å². The van der Waals surface area contributed by atoms with E-state index in [1.54, 1.807) is 0 Å². The minimum absolute atomic E-state index is 0.00706. The fourth-order valence-electron chi connectivity index (χ4n) is 3.83. The van der Waals surface area contributed by atoms with Gasteiger partial charge in [-0.05, 0) is 50.5 Å². The fraction of sp³-hybridized carbons (Fsp3) is 0.500. The summed E-state index contributed by atoms with van der Waals surface area (Å²) in [5.74, 6) is 0.858. The molecule has 26 heavy (non-hydrogen) atoms. The van der Waals surface area contributed by atoms with Crippen molar-refractivity contribution in [2.75, 3.05) is 37.7 Å². The molecule has 0 saturated carbocycles. The molecular weight excluding hydrogens is 330 g/mol. The third-order valence-electron chi connectivity index (χ3n) is 5.24. The second-order valence-electron chi connectivity index (χ2n) is 7.02. The molecule has 6 nitrogen and oxygen atoms in total. The van der Waals surface area contributed by atoms with Crippen molar-refractivity contribution in [1.29, 1.82) is 0 Å². The van der Waals surface area contributed by atoms with Gasteiger partial charge in [0.1, 0.15) is 11.5 Å². The molecule has 138 valence electrons. The number of carbonyl (C=O) groups is 1. The molecule has 1 atom stereocenters. The summed E-state index contributed by atoms with van der Waals surface area (Å²) >= 11 is 0. The van der Waals surface area contributed by atoms with E-state index in [1.807, 2.05) is 42.2 Å². The average molecular weight is 355 g/mol. The molecule has 2 saturated heterocycles. The highest BCUT2D eigenvalue weighted by atomic mass is 16.5. The maximum atomic E-state index is 13.1. The number of rotatable bonds is 3. The highest BCUT2D eigenvalue weighted by molar-refractivity contribution is 5.95. The number of morpholine rings is 1. The Kier molecular flexibility index (Phi) is 4.93. The summed E-state index contributed by atoms with van der Waals surface area (Å²) in [4.78, 5) is 17.4. The van der Waals surface area contributed by atoms with Crippen molar-refractivity contribution >= 4 is 11.6 Å². The van der Waals surface area contributed by atoms with E-state index >= 15 is 0 Å². The first-order valence-electron chi connectivity index (χ1n) is 9.39. The zero-order valence-electron chi connectivity index (χ0n) is 15.2. The van der Waals surface area contributed by atoms with Gasteiger partial charge in [-0.2, -0.15) is 0 Å². The average Bonchev–Trinajstić information content (AvgIpc) is 3.14. The number of aryl methyl sites for hydroxylation is 1. The molecule has 4 rings (SSSR count). The summed E-state index contributed by atoms with van der Waals surface area (Å²) in [6.07, 6.45) is 3.07. The van der Waals surface area contributed by atoms with Crippen LogP contribution in [0.1, 0.15) is 47.1 Å². The van der Waals surface area contributed by atoms with Gasteiger partial charge in [0.25, 0.3) is 5.91 Å². The Bertz CT molecular complexity index is 750. The molecule has 0 spiro atoms. The van der Waals surface area contributed by atoms with Crippen LogP contribution in [0.15, 0.2) is 34.9 Å². The maximum Gasteiger partial charge on any atom is 0.254 e. The Morgan fingerprint density at radius 2 is 1.88 bits per heavy atom. The fourth-order valence-corrected chi connectivity index (χ4v) is 3.83. The van der Waals surface area contributed by atoms with Gasteiger partial charge in [-0.25, -0.2) is 0 Å². The Morgan fingerprint density at radius 1 is 1.12 bits per heavy atom. The smallest absolute Gasteiger partial charge is 0.254 e. The topological polar surface area (TPSA) is 58.8 Å². The van der Waals surface area contributed by atoms with Gasteiger partial charge in [0, 0.05) is 37.0 Å². The first-order valence-corrected chi connectivity index (χ1v) is 9.39. The normalized spacial score (nSPS) is 21.0. The Hall–Kier alpha value is -2.34. The number of carbonyl (C=O) groups excluding carboxylic acids is 1. The maximum absolute atomic E-state index is 13.1. The van der Waals surface area contributed by atoms with Crippen LogP contribution in [0.2, 0.25) is 0 Å². The molecule has 2 aromatic rings. The summed E-state index contributed by atoms with van der Waals surface area (Å²) < 4.78 is 10.6. The number of amides is 1. The van der Waals surface area contributed by atoms with Crippen LogP contribution in [0.25, 0.3) is 0 Å². The van der Waals surface area contributed by atoms with E-state index in [2.05, 4.69) is 10.1 Å². The molecule has 1 aromatic carbocycles. The van der Waals surface area contributed by atoms with Crippen LogP contribution in [-0.2, 0) is 4.74 Å². The lowest BCUT2D eigenvalue weighted by Crippen LogP contribution is -2.38. The quantitative estimate of drug-likeness (QED) is 0.846. The first kappa shape index (κ1) is 17.1. The molecule has 2 fully saturated rings. The lowest BCUT2D eigenvalue weighted by atomic mass is 9.98. The summed E-state index contributed by atoms with van der Waals surface area (Å²) in [7, 11) is 0. The van der Waals surface area contributed by atoms with E-state index in [4.69, 9.17) is 9.26 Å². The summed E-state index contributed by atoms with van der Waals surface area (Å²) in [6.45, 7) is 5.96. The lowest BCUT2D eigenvalue weighted by Gasteiger charge is -2.34. The molecule has 2 aliphatic rings. The molecule has 0 bridgehead atoms. The van der Waals surface area contributed by atoms with Gasteiger partial charge in [-0.15, -0.1) is 0 Å². The predicted molar refractivity (Wildman–Crippen MR) is 98.3 cm³/mol. The second-order valence-corrected chi connectivity index (χ2v) is 7.02. The van der Waals surface area contributed by atoms with E-state index < -0.39 is 0 Å². The summed E-state index contributed by atoms with van der Waals surface area (Å²) in [5.41, 5.74) is 2.74. The van der Waals surface area contributed by atoms with Gasteiger partial charge in [0.15, 0.2) is 0 Å². The standard InChI is InChI=1S/C20H25N3O3/c1-15-14-18(21-26-15)19-4-2-3-9-23(19)20(24)16-5-7-17(8-6-16)22-10-12-25-13-11-22/h5-8,14,19H,2-4,9-13H2,1H3/t19-/m0/s1. The highest BCUT2D eigenvalue weighted by Gasteiger charge is 2.30. The Balaban J connectivity index is 1.51. The van der Waals surface area contributed by atoms with E-state index in [0.29, 0.717) is 0 Å². The van der Waals surface area contributed by atoms with Crippen LogP contribution in [0.4, 0.5) is 5.69 Å². The molecule has 1 aromatic heterocycles. The first-order chi connectivity index (χ1) is 12.7. The summed E-state index contributed by atoms with van der Waals surface area (Å²) in [6, 6.07) is 9.90. The van der Waals surface area contributed by atoms with Crippen molar-refractivity contribution in [1.82, 2.24) is 10.1 Å². The van der Waals surface area contributed by atoms with Gasteiger partial charge < -0.3 is 19.1 Å². The number of ether oxygens (including phenoxy) is 1. The van der Waals surface area contributed by atoms with Gasteiger partial charge >= 0.3 is 0 Å². The number of anilines is 1. The SMILES string of the molecule is Cc1cc([C@@H]2CCCCN2C(=O)c2ccc(N3CCOCC3)cc2)no1. The monoisotopic (exact) mass is 355 g/mol. The van der Waals surface area contributed by atoms with Crippen molar-refractivity contribution in [2.24, 2.45) is 0 Å². The molecule has 0 aliphatic carbocycles. The van der Waals surface area contributed by atoms with Crippen LogP contribution < -0.4 is 4.90 Å². The summed E-state index contributed by atoms with van der Waals surface area (Å²) in [5, 5.41) is 4.15. The largest absolute Gasteiger partial charge is 0.378 e. The number of benzene rings is 1. The lowest BCUT2D eigenvalue weighted by molar-refractivity contribution is 0.0602. The van der Waals surface area contributed by atoms with Crippen LogP contribution in [0.5, 0.6) is 0 Å². The number of piperidine rings is 1. The van der Waals surface area contributed by atoms with Crippen molar-refractivity contribution in [2.45, 2.75) is 32.2 Å². The molecule has 1 amide bonds. The minimum Gasteiger partial charge on any atom is -0.378 e. The third-order valence-corrected chi connectivity index (χ3v) is 5.24. The van der Waals surface area contributed by atoms with Crippen LogP contribution >= 0.6 is 0 Å². The predicted octanol–water partition coefficient (Wildman–Crippen LogP) is 3.19. The zero-order valence-corrected chi connectivity index (χ0v) is 15.2. The molecule has 0 unspecified atom stereocenters. The van der Waals surface area contributed by atoms with Crippen LogP contribution in [0, 0.1) is 6.92 Å². The third kappa shape index (κ3) is 3.46. The van der Waals surface area contributed by atoms with E-state index in [0.717, 1.165) is 74.8 Å². The number of nitrogens with zero attached hydrogens (tertiary/aromatic N) is 3. The molecule has 2 aliphatic heterocycles. The van der Waals surface area contributed by atoms with E-state index in [9.17, 15) is 4.79 Å². The molecule has 3 heterocycles. The molecule has 0 radical (unpaired) electrons. The minimum atomic E-state index is 0.00706. The molecule has 0 N–H and O–H groups in total. The molecular formula is C20H25N3O3. The number of hydrogen-bond donors (Lipinski definition) is 0. The van der Waals surface area contributed by atoms with Crippen molar-refractivity contribution in [3.63, 3.8) is 0 Å². The van der Waals surface area contributed by atoms with Gasteiger partial charge in [-0.1, -0.05) is 5.16 Å². The number of hydrogen-bond acceptors (Lipinski definition) is 5. The van der Waals surface area contributed by atoms with Gasteiger partial charge in [0.2, 0.25) is 0 Å². The second kappa shape index (κ2) is 7.50. The van der Waals surface area contributed by atoms with Crippen LogP contribution in [-0.4, -0.2) is 48.8 Å².